The van der Waals surface area contributed by atoms with Gasteiger partial charge in [-0.25, -0.2) is 9.18 Å². The molecule has 22 heavy (non-hydrogen) atoms. The van der Waals surface area contributed by atoms with Crippen LogP contribution in [0.15, 0.2) is 18.2 Å². The Labute approximate surface area is 128 Å². The lowest BCUT2D eigenvalue weighted by atomic mass is 9.86. The van der Waals surface area contributed by atoms with Crippen molar-refractivity contribution in [2.24, 2.45) is 5.92 Å². The second-order valence-corrected chi connectivity index (χ2v) is 6.01. The van der Waals surface area contributed by atoms with E-state index >= 15 is 0 Å². The maximum atomic E-state index is 13.4. The Hall–Kier alpha value is -2.11. The fraction of sp³-hybridized carbons (Fsp3) is 0.500. The molecule has 3 rings (SSSR count). The number of carboxylic acids is 1. The first-order chi connectivity index (χ1) is 10.5. The van der Waals surface area contributed by atoms with Gasteiger partial charge in [0, 0.05) is 12.6 Å². The standard InChI is InChI=1S/C16H19FN2O3/c17-12-4-1-10-7-8-19(14(10)9-12)16(22)18-13-5-2-11(3-6-13)15(20)21/h1,4,9,11,13H,2-3,5-8H2,(H,18,22)(H,20,21). The monoisotopic (exact) mass is 306 g/mol. The van der Waals surface area contributed by atoms with Gasteiger partial charge in [-0.15, -0.1) is 0 Å². The van der Waals surface area contributed by atoms with E-state index < -0.39 is 5.97 Å². The molecule has 6 heteroatoms. The summed E-state index contributed by atoms with van der Waals surface area (Å²) >= 11 is 0. The Bertz CT molecular complexity index is 597. The summed E-state index contributed by atoms with van der Waals surface area (Å²) in [5.41, 5.74) is 1.61. The number of nitrogens with one attached hydrogen (secondary N) is 1. The number of rotatable bonds is 2. The zero-order chi connectivity index (χ0) is 15.7. The fourth-order valence-corrected chi connectivity index (χ4v) is 3.30. The summed E-state index contributed by atoms with van der Waals surface area (Å²) in [5.74, 6) is -1.40. The van der Waals surface area contributed by atoms with Crippen LogP contribution in [0, 0.1) is 11.7 Å². The van der Waals surface area contributed by atoms with Gasteiger partial charge in [-0.05, 0) is 49.8 Å². The smallest absolute Gasteiger partial charge is 0.322 e. The van der Waals surface area contributed by atoms with Crippen molar-refractivity contribution in [3.8, 4) is 0 Å². The van der Waals surface area contributed by atoms with E-state index in [-0.39, 0.29) is 23.8 Å². The topological polar surface area (TPSA) is 69.6 Å². The molecule has 0 spiro atoms. The van der Waals surface area contributed by atoms with Crippen LogP contribution in [0.3, 0.4) is 0 Å². The second kappa shape index (κ2) is 5.94. The number of hydrogen-bond donors (Lipinski definition) is 2. The van der Waals surface area contributed by atoms with Crippen molar-refractivity contribution in [3.05, 3.63) is 29.6 Å². The van der Waals surface area contributed by atoms with Gasteiger partial charge in [0.15, 0.2) is 0 Å². The van der Waals surface area contributed by atoms with E-state index in [2.05, 4.69) is 5.32 Å². The molecular formula is C16H19FN2O3. The van der Waals surface area contributed by atoms with E-state index in [1.165, 1.54) is 12.1 Å². The molecule has 0 radical (unpaired) electrons. The summed E-state index contributed by atoms with van der Waals surface area (Å²) < 4.78 is 13.4. The van der Waals surface area contributed by atoms with Crippen molar-refractivity contribution < 1.29 is 19.1 Å². The molecule has 1 aromatic rings. The van der Waals surface area contributed by atoms with Gasteiger partial charge in [0.25, 0.3) is 0 Å². The van der Waals surface area contributed by atoms with E-state index in [1.54, 1.807) is 11.0 Å². The highest BCUT2D eigenvalue weighted by Crippen LogP contribution is 2.29. The first kappa shape index (κ1) is 14.8. The van der Waals surface area contributed by atoms with Crippen LogP contribution in [0.2, 0.25) is 0 Å². The van der Waals surface area contributed by atoms with E-state index in [0.29, 0.717) is 37.9 Å². The quantitative estimate of drug-likeness (QED) is 0.882. The van der Waals surface area contributed by atoms with Gasteiger partial charge in [-0.1, -0.05) is 6.07 Å². The Morgan fingerprint density at radius 2 is 1.95 bits per heavy atom. The molecule has 2 aliphatic rings. The van der Waals surface area contributed by atoms with Crippen LogP contribution < -0.4 is 10.2 Å². The van der Waals surface area contributed by atoms with Gasteiger partial charge in [0.05, 0.1) is 11.6 Å². The number of hydrogen-bond acceptors (Lipinski definition) is 2. The zero-order valence-electron chi connectivity index (χ0n) is 12.2. The van der Waals surface area contributed by atoms with Crippen molar-refractivity contribution in [2.45, 2.75) is 38.1 Å². The minimum Gasteiger partial charge on any atom is -0.481 e. The molecule has 118 valence electrons. The normalized spacial score (nSPS) is 24.0. The molecule has 0 bridgehead atoms. The van der Waals surface area contributed by atoms with E-state index in [4.69, 9.17) is 5.11 Å². The van der Waals surface area contributed by atoms with Crippen LogP contribution in [0.25, 0.3) is 0 Å². The molecule has 0 atom stereocenters. The number of carbonyl (C=O) groups is 2. The second-order valence-electron chi connectivity index (χ2n) is 6.01. The molecule has 1 aromatic carbocycles. The number of amides is 2. The van der Waals surface area contributed by atoms with Gasteiger partial charge in [0.2, 0.25) is 0 Å². The van der Waals surface area contributed by atoms with Gasteiger partial charge in [-0.2, -0.15) is 0 Å². The fourth-order valence-electron chi connectivity index (χ4n) is 3.30. The van der Waals surface area contributed by atoms with Crippen LogP contribution in [0.5, 0.6) is 0 Å². The van der Waals surface area contributed by atoms with Crippen molar-refractivity contribution in [3.63, 3.8) is 0 Å². The third-order valence-electron chi connectivity index (χ3n) is 4.59. The van der Waals surface area contributed by atoms with Crippen LogP contribution in [0.4, 0.5) is 14.9 Å². The summed E-state index contributed by atoms with van der Waals surface area (Å²) in [6.45, 7) is 0.551. The highest BCUT2D eigenvalue weighted by atomic mass is 19.1. The molecular weight excluding hydrogens is 287 g/mol. The molecule has 1 fully saturated rings. The molecule has 0 unspecified atom stereocenters. The maximum absolute atomic E-state index is 13.4. The third-order valence-corrected chi connectivity index (χ3v) is 4.59. The first-order valence-electron chi connectivity index (χ1n) is 7.64. The Balaban J connectivity index is 1.60. The number of fused-ring (bicyclic) bond motifs is 1. The van der Waals surface area contributed by atoms with Crippen molar-refractivity contribution >= 4 is 17.7 Å². The Kier molecular flexibility index (Phi) is 4.00. The molecule has 1 saturated carbocycles. The van der Waals surface area contributed by atoms with Gasteiger partial charge >= 0.3 is 12.0 Å². The number of nitrogens with zero attached hydrogens (tertiary/aromatic N) is 1. The van der Waals surface area contributed by atoms with E-state index in [1.807, 2.05) is 0 Å². The van der Waals surface area contributed by atoms with E-state index in [0.717, 1.165) is 12.0 Å². The van der Waals surface area contributed by atoms with Crippen LogP contribution in [0.1, 0.15) is 31.2 Å². The Morgan fingerprint density at radius 3 is 2.64 bits per heavy atom. The lowest BCUT2D eigenvalue weighted by Crippen LogP contribution is -2.46. The minimum atomic E-state index is -0.756. The van der Waals surface area contributed by atoms with Crippen LogP contribution in [-0.4, -0.2) is 29.7 Å². The van der Waals surface area contributed by atoms with Gasteiger partial charge in [-0.3, -0.25) is 9.69 Å². The average molecular weight is 306 g/mol. The third kappa shape index (κ3) is 2.91. The van der Waals surface area contributed by atoms with Crippen molar-refractivity contribution in [2.75, 3.05) is 11.4 Å². The number of benzene rings is 1. The molecule has 0 saturated heterocycles. The molecule has 1 aliphatic heterocycles. The molecule has 0 aromatic heterocycles. The van der Waals surface area contributed by atoms with Crippen molar-refractivity contribution in [1.82, 2.24) is 5.32 Å². The number of aliphatic carboxylic acids is 1. The minimum absolute atomic E-state index is 0.000657. The van der Waals surface area contributed by atoms with Gasteiger partial charge < -0.3 is 10.4 Å². The van der Waals surface area contributed by atoms with Crippen molar-refractivity contribution in [1.29, 1.82) is 0 Å². The number of carbonyl (C=O) groups excluding carboxylic acids is 1. The number of carboxylic acid groups (broad SMARTS) is 1. The first-order valence-corrected chi connectivity index (χ1v) is 7.64. The maximum Gasteiger partial charge on any atom is 0.322 e. The lowest BCUT2D eigenvalue weighted by Gasteiger charge is -2.29. The summed E-state index contributed by atoms with van der Waals surface area (Å²) in [6, 6.07) is 4.30. The summed E-state index contributed by atoms with van der Waals surface area (Å²) in [6.07, 6.45) is 3.25. The lowest BCUT2D eigenvalue weighted by molar-refractivity contribution is -0.142. The molecule has 1 heterocycles. The summed E-state index contributed by atoms with van der Waals surface area (Å²) in [5, 5.41) is 11.9. The largest absolute Gasteiger partial charge is 0.481 e. The SMILES string of the molecule is O=C(O)C1CCC(NC(=O)N2CCc3ccc(F)cc32)CC1. The molecule has 1 aliphatic carbocycles. The zero-order valence-corrected chi connectivity index (χ0v) is 12.2. The highest BCUT2D eigenvalue weighted by Gasteiger charge is 2.30. The molecule has 2 amide bonds. The molecule has 5 nitrogen and oxygen atoms in total. The summed E-state index contributed by atoms with van der Waals surface area (Å²) in [4.78, 5) is 24.9. The number of halogens is 1. The predicted molar refractivity (Wildman–Crippen MR) is 79.4 cm³/mol. The van der Waals surface area contributed by atoms with E-state index in [9.17, 15) is 14.0 Å². The average Bonchev–Trinajstić information content (AvgIpc) is 2.90. The molecule has 2 N–H and O–H groups in total. The highest BCUT2D eigenvalue weighted by molar-refractivity contribution is 5.94. The number of urea groups is 1. The number of anilines is 1. The summed E-state index contributed by atoms with van der Waals surface area (Å²) in [7, 11) is 0. The van der Waals surface area contributed by atoms with Crippen LogP contribution >= 0.6 is 0 Å². The van der Waals surface area contributed by atoms with Gasteiger partial charge in [0.1, 0.15) is 5.82 Å². The van der Waals surface area contributed by atoms with Crippen LogP contribution in [-0.2, 0) is 11.2 Å². The predicted octanol–water partition coefficient (Wildman–Crippen LogP) is 2.54. The Morgan fingerprint density at radius 1 is 1.23 bits per heavy atom.